The number of likely N-dealkylation sites (tertiary alicyclic amines) is 1. The summed E-state index contributed by atoms with van der Waals surface area (Å²) in [5.74, 6) is 0.713. The average Bonchev–Trinajstić information content (AvgIpc) is 3.47. The van der Waals surface area contributed by atoms with Gasteiger partial charge in [0.1, 0.15) is 5.58 Å². The number of furan rings is 1. The molecule has 0 atom stereocenters. The van der Waals surface area contributed by atoms with Gasteiger partial charge in [0.05, 0.1) is 4.90 Å². The van der Waals surface area contributed by atoms with Gasteiger partial charge in [-0.2, -0.15) is 0 Å². The summed E-state index contributed by atoms with van der Waals surface area (Å²) in [5.41, 5.74) is 1.86. The van der Waals surface area contributed by atoms with E-state index < -0.39 is 10.0 Å². The van der Waals surface area contributed by atoms with Crippen molar-refractivity contribution in [2.75, 3.05) is 13.1 Å². The summed E-state index contributed by atoms with van der Waals surface area (Å²) in [5, 5.41) is 0.626. The molecule has 31 heavy (non-hydrogen) atoms. The number of carbonyl (C=O) groups excluding carboxylic acids is 1. The number of rotatable bonds is 6. The van der Waals surface area contributed by atoms with E-state index >= 15 is 0 Å². The summed E-state index contributed by atoms with van der Waals surface area (Å²) in [6.07, 6.45) is 4.74. The summed E-state index contributed by atoms with van der Waals surface area (Å²) in [7, 11) is -3.54. The van der Waals surface area contributed by atoms with Gasteiger partial charge in [0.2, 0.25) is 10.0 Å². The van der Waals surface area contributed by atoms with Crippen LogP contribution in [0.4, 0.5) is 0 Å². The predicted molar refractivity (Wildman–Crippen MR) is 118 cm³/mol. The zero-order valence-electron chi connectivity index (χ0n) is 17.3. The summed E-state index contributed by atoms with van der Waals surface area (Å²) < 4.78 is 33.4. The number of amides is 1. The van der Waals surface area contributed by atoms with E-state index in [9.17, 15) is 13.2 Å². The highest BCUT2D eigenvalue weighted by atomic mass is 32.2. The maximum atomic E-state index is 13.0. The van der Waals surface area contributed by atoms with Gasteiger partial charge in [-0.15, -0.1) is 0 Å². The van der Waals surface area contributed by atoms with E-state index in [0.29, 0.717) is 30.0 Å². The first-order valence-corrected chi connectivity index (χ1v) is 12.4. The van der Waals surface area contributed by atoms with Crippen LogP contribution in [0, 0.1) is 5.92 Å². The van der Waals surface area contributed by atoms with E-state index in [1.54, 1.807) is 18.2 Å². The molecule has 1 N–H and O–H groups in total. The van der Waals surface area contributed by atoms with E-state index in [1.165, 1.54) is 11.6 Å². The number of carbonyl (C=O) groups is 1. The Morgan fingerprint density at radius 2 is 1.74 bits per heavy atom. The summed E-state index contributed by atoms with van der Waals surface area (Å²) in [4.78, 5) is 15.0. The van der Waals surface area contributed by atoms with Gasteiger partial charge in [-0.1, -0.05) is 30.3 Å². The van der Waals surface area contributed by atoms with E-state index in [4.69, 9.17) is 4.42 Å². The van der Waals surface area contributed by atoms with Gasteiger partial charge in [-0.05, 0) is 67.9 Å². The molecule has 1 aromatic heterocycles. The van der Waals surface area contributed by atoms with Gasteiger partial charge >= 0.3 is 0 Å². The predicted octanol–water partition coefficient (Wildman–Crippen LogP) is 3.97. The molecule has 1 aliphatic carbocycles. The molecule has 2 heterocycles. The lowest BCUT2D eigenvalue weighted by atomic mass is 9.90. The Morgan fingerprint density at radius 1 is 1.00 bits per heavy atom. The van der Waals surface area contributed by atoms with Crippen LogP contribution in [0.1, 0.15) is 41.8 Å². The van der Waals surface area contributed by atoms with Crippen LogP contribution in [0.3, 0.4) is 0 Å². The highest BCUT2D eigenvalue weighted by molar-refractivity contribution is 7.89. The van der Waals surface area contributed by atoms with Gasteiger partial charge in [0.15, 0.2) is 5.76 Å². The van der Waals surface area contributed by atoms with Gasteiger partial charge in [-0.3, -0.25) is 4.79 Å². The fourth-order valence-corrected chi connectivity index (χ4v) is 5.57. The second kappa shape index (κ2) is 8.13. The largest absolute Gasteiger partial charge is 0.451 e. The molecule has 1 saturated heterocycles. The van der Waals surface area contributed by atoms with E-state index in [1.807, 2.05) is 11.0 Å². The fraction of sp³-hybridized carbons (Fsp3) is 0.375. The summed E-state index contributed by atoms with van der Waals surface area (Å²) in [6.45, 7) is 1.41. The maximum Gasteiger partial charge on any atom is 0.289 e. The van der Waals surface area contributed by atoms with Gasteiger partial charge < -0.3 is 9.32 Å². The van der Waals surface area contributed by atoms with Crippen molar-refractivity contribution in [1.29, 1.82) is 0 Å². The number of benzene rings is 2. The van der Waals surface area contributed by atoms with E-state index in [0.717, 1.165) is 32.1 Å². The van der Waals surface area contributed by atoms with E-state index in [-0.39, 0.29) is 22.6 Å². The number of nitrogens with one attached hydrogen (secondary N) is 1. The molecule has 0 spiro atoms. The summed E-state index contributed by atoms with van der Waals surface area (Å²) >= 11 is 0. The Labute approximate surface area is 182 Å². The van der Waals surface area contributed by atoms with Gasteiger partial charge in [-0.25, -0.2) is 13.1 Å². The number of nitrogens with zero attached hydrogens (tertiary/aromatic N) is 1. The zero-order chi connectivity index (χ0) is 21.4. The highest BCUT2D eigenvalue weighted by Gasteiger charge is 2.29. The lowest BCUT2D eigenvalue weighted by molar-refractivity contribution is 0.0661. The van der Waals surface area contributed by atoms with Crippen molar-refractivity contribution in [2.45, 2.75) is 43.0 Å². The van der Waals surface area contributed by atoms with Crippen LogP contribution in [0.25, 0.3) is 11.0 Å². The molecule has 7 heteroatoms. The first kappa shape index (κ1) is 20.3. The topological polar surface area (TPSA) is 79.6 Å². The van der Waals surface area contributed by atoms with Crippen LogP contribution >= 0.6 is 0 Å². The zero-order valence-corrected chi connectivity index (χ0v) is 18.1. The highest BCUT2D eigenvalue weighted by Crippen LogP contribution is 2.28. The third-order valence-corrected chi connectivity index (χ3v) is 7.70. The standard InChI is InChI=1S/C24H26N2O4S/c27-24(26-12-10-18(11-13-26)14-17-4-2-1-3-5-17)23-16-19-15-21(8-9-22(19)30-23)31(28,29)25-20-6-7-20/h1-5,8-9,15-16,18,20,25H,6-7,10-14H2. The number of hydrogen-bond acceptors (Lipinski definition) is 4. The van der Waals surface area contributed by atoms with Crippen molar-refractivity contribution in [1.82, 2.24) is 9.62 Å². The third-order valence-electron chi connectivity index (χ3n) is 6.18. The Bertz CT molecular complexity index is 1190. The molecule has 2 aromatic carbocycles. The molecule has 3 aromatic rings. The fourth-order valence-electron chi connectivity index (χ4n) is 4.23. The average molecular weight is 439 g/mol. The second-order valence-corrected chi connectivity index (χ2v) is 10.3. The van der Waals surface area contributed by atoms with Gasteiger partial charge in [0.25, 0.3) is 5.91 Å². The number of sulfonamides is 1. The SMILES string of the molecule is O=C(c1cc2cc(S(=O)(=O)NC3CC3)ccc2o1)N1CCC(Cc2ccccc2)CC1. The van der Waals surface area contributed by atoms with Crippen molar-refractivity contribution in [2.24, 2.45) is 5.92 Å². The Morgan fingerprint density at radius 3 is 2.45 bits per heavy atom. The molecule has 2 aliphatic rings. The van der Waals surface area contributed by atoms with Crippen molar-refractivity contribution in [3.63, 3.8) is 0 Å². The molecule has 5 rings (SSSR count). The van der Waals surface area contributed by atoms with Crippen LogP contribution in [0.15, 0.2) is 63.9 Å². The third kappa shape index (κ3) is 4.52. The number of piperidine rings is 1. The minimum Gasteiger partial charge on any atom is -0.451 e. The minimum absolute atomic E-state index is 0.0482. The molecule has 0 unspecified atom stereocenters. The van der Waals surface area contributed by atoms with Crippen LogP contribution in [-0.4, -0.2) is 38.4 Å². The molecule has 6 nitrogen and oxygen atoms in total. The van der Waals surface area contributed by atoms with Crippen molar-refractivity contribution in [3.05, 3.63) is 65.9 Å². The lowest BCUT2D eigenvalue weighted by Gasteiger charge is -2.31. The Balaban J connectivity index is 1.26. The van der Waals surface area contributed by atoms with Crippen LogP contribution in [-0.2, 0) is 16.4 Å². The van der Waals surface area contributed by atoms with Crippen LogP contribution in [0.2, 0.25) is 0 Å². The smallest absolute Gasteiger partial charge is 0.289 e. The molecule has 1 aliphatic heterocycles. The van der Waals surface area contributed by atoms with Crippen LogP contribution < -0.4 is 4.72 Å². The second-order valence-electron chi connectivity index (χ2n) is 8.63. The molecule has 0 radical (unpaired) electrons. The van der Waals surface area contributed by atoms with Crippen molar-refractivity contribution in [3.8, 4) is 0 Å². The quantitative estimate of drug-likeness (QED) is 0.632. The molecular weight excluding hydrogens is 412 g/mol. The molecule has 1 saturated carbocycles. The Hall–Kier alpha value is -2.64. The van der Waals surface area contributed by atoms with Crippen molar-refractivity contribution >= 4 is 26.9 Å². The molecule has 162 valence electrons. The summed E-state index contributed by atoms with van der Waals surface area (Å²) in [6, 6.07) is 16.9. The normalized spacial score (nSPS) is 17.9. The number of hydrogen-bond donors (Lipinski definition) is 1. The first-order valence-electron chi connectivity index (χ1n) is 10.9. The monoisotopic (exact) mass is 438 g/mol. The maximum absolute atomic E-state index is 13.0. The first-order chi connectivity index (χ1) is 15.0. The number of fused-ring (bicyclic) bond motifs is 1. The molecular formula is C24H26N2O4S. The molecule has 0 bridgehead atoms. The molecule has 2 fully saturated rings. The van der Waals surface area contributed by atoms with Crippen molar-refractivity contribution < 1.29 is 17.6 Å². The molecule has 1 amide bonds. The Kier molecular flexibility index (Phi) is 5.32. The van der Waals surface area contributed by atoms with Crippen LogP contribution in [0.5, 0.6) is 0 Å². The van der Waals surface area contributed by atoms with E-state index in [2.05, 4.69) is 29.0 Å². The minimum atomic E-state index is -3.54. The van der Waals surface area contributed by atoms with Gasteiger partial charge in [0, 0.05) is 24.5 Å². The lowest BCUT2D eigenvalue weighted by Crippen LogP contribution is -2.38.